The second-order valence-corrected chi connectivity index (χ2v) is 10.2. The molecule has 136 valence electrons. The van der Waals surface area contributed by atoms with Crippen molar-refractivity contribution >= 4 is 32.2 Å². The molecule has 2 aromatic rings. The van der Waals surface area contributed by atoms with Crippen molar-refractivity contribution < 1.29 is 13.2 Å². The Hall–Kier alpha value is -1.74. The van der Waals surface area contributed by atoms with Crippen LogP contribution in [0.5, 0.6) is 0 Å². The van der Waals surface area contributed by atoms with Crippen LogP contribution in [0.2, 0.25) is 0 Å². The van der Waals surface area contributed by atoms with Gasteiger partial charge < -0.3 is 0 Å². The lowest BCUT2D eigenvalue weighted by molar-refractivity contribution is 0.102. The van der Waals surface area contributed by atoms with Crippen molar-refractivity contribution in [1.29, 1.82) is 0 Å². The van der Waals surface area contributed by atoms with Crippen LogP contribution in [0.3, 0.4) is 0 Å². The standard InChI is InChI=1S/C16H22N4O3S2/c1-9(2)14-7-13(15(21)18-16-17-10(3)11(4)24-16)19-20(14)12-5-6-25(22,23)8-12/h7,9,12H,5-6,8H2,1-4H3,(H,17,18,21). The van der Waals surface area contributed by atoms with Crippen molar-refractivity contribution in [2.45, 2.75) is 46.1 Å². The molecule has 2 aromatic heterocycles. The Bertz CT molecular complexity index is 892. The molecule has 9 heteroatoms. The van der Waals surface area contributed by atoms with Crippen molar-refractivity contribution in [3.8, 4) is 0 Å². The largest absolute Gasteiger partial charge is 0.296 e. The Morgan fingerprint density at radius 3 is 2.64 bits per heavy atom. The molecule has 1 aliphatic heterocycles. The number of aryl methyl sites for hydroxylation is 2. The number of carbonyl (C=O) groups is 1. The minimum Gasteiger partial charge on any atom is -0.296 e. The molecule has 0 radical (unpaired) electrons. The molecule has 1 N–H and O–H groups in total. The highest BCUT2D eigenvalue weighted by Crippen LogP contribution is 2.28. The van der Waals surface area contributed by atoms with Crippen LogP contribution in [0.1, 0.15) is 59.0 Å². The highest BCUT2D eigenvalue weighted by atomic mass is 32.2. The second-order valence-electron chi connectivity index (χ2n) is 6.73. The Morgan fingerprint density at radius 2 is 2.12 bits per heavy atom. The summed E-state index contributed by atoms with van der Waals surface area (Å²) in [5.74, 6) is 0.0752. The number of rotatable bonds is 4. The third kappa shape index (κ3) is 3.77. The van der Waals surface area contributed by atoms with Crippen LogP contribution in [-0.2, 0) is 9.84 Å². The lowest BCUT2D eigenvalue weighted by atomic mass is 10.1. The molecule has 0 spiro atoms. The van der Waals surface area contributed by atoms with E-state index in [1.807, 2.05) is 27.7 Å². The average molecular weight is 383 g/mol. The van der Waals surface area contributed by atoms with Crippen LogP contribution in [0, 0.1) is 13.8 Å². The number of nitrogens with zero attached hydrogens (tertiary/aromatic N) is 3. The van der Waals surface area contributed by atoms with Gasteiger partial charge in [0.15, 0.2) is 20.7 Å². The molecular weight excluding hydrogens is 360 g/mol. The van der Waals surface area contributed by atoms with Crippen LogP contribution < -0.4 is 5.32 Å². The van der Waals surface area contributed by atoms with Gasteiger partial charge in [-0.1, -0.05) is 13.8 Å². The quantitative estimate of drug-likeness (QED) is 0.877. The number of sulfone groups is 1. The lowest BCUT2D eigenvalue weighted by Gasteiger charge is -2.15. The Morgan fingerprint density at radius 1 is 1.40 bits per heavy atom. The normalized spacial score (nSPS) is 19.5. The van der Waals surface area contributed by atoms with Crippen molar-refractivity contribution in [3.63, 3.8) is 0 Å². The maximum absolute atomic E-state index is 12.5. The van der Waals surface area contributed by atoms with E-state index in [2.05, 4.69) is 15.4 Å². The molecule has 1 aliphatic rings. The van der Waals surface area contributed by atoms with Gasteiger partial charge in [-0.2, -0.15) is 5.10 Å². The zero-order chi connectivity index (χ0) is 18.4. The van der Waals surface area contributed by atoms with Gasteiger partial charge in [0.2, 0.25) is 0 Å². The minimum atomic E-state index is -3.02. The first kappa shape index (κ1) is 18.1. The molecule has 1 unspecified atom stereocenters. The third-order valence-electron chi connectivity index (χ3n) is 4.39. The van der Waals surface area contributed by atoms with E-state index < -0.39 is 9.84 Å². The summed E-state index contributed by atoms with van der Waals surface area (Å²) in [6.45, 7) is 7.86. The second kappa shape index (κ2) is 6.53. The topological polar surface area (TPSA) is 94.0 Å². The van der Waals surface area contributed by atoms with Gasteiger partial charge >= 0.3 is 0 Å². The number of thiazole rings is 1. The van der Waals surface area contributed by atoms with E-state index in [9.17, 15) is 13.2 Å². The zero-order valence-corrected chi connectivity index (χ0v) is 16.4. The molecule has 3 rings (SSSR count). The van der Waals surface area contributed by atoms with E-state index in [0.717, 1.165) is 16.3 Å². The SMILES string of the molecule is Cc1nc(NC(=O)c2cc(C(C)C)n(C3CCS(=O)(=O)C3)n2)sc1C. The van der Waals surface area contributed by atoms with E-state index in [0.29, 0.717) is 17.2 Å². The molecule has 7 nitrogen and oxygen atoms in total. The van der Waals surface area contributed by atoms with E-state index in [-0.39, 0.29) is 29.4 Å². The highest BCUT2D eigenvalue weighted by Gasteiger charge is 2.32. The van der Waals surface area contributed by atoms with Gasteiger partial charge in [-0.15, -0.1) is 11.3 Å². The van der Waals surface area contributed by atoms with Crippen molar-refractivity contribution in [3.05, 3.63) is 28.0 Å². The fourth-order valence-corrected chi connectivity index (χ4v) is 5.40. The summed E-state index contributed by atoms with van der Waals surface area (Å²) in [4.78, 5) is 17.9. The number of nitrogens with one attached hydrogen (secondary N) is 1. The van der Waals surface area contributed by atoms with Crippen LogP contribution in [0.15, 0.2) is 6.07 Å². The number of anilines is 1. The number of aromatic nitrogens is 3. The van der Waals surface area contributed by atoms with Gasteiger partial charge in [-0.25, -0.2) is 13.4 Å². The monoisotopic (exact) mass is 382 g/mol. The molecule has 0 saturated carbocycles. The zero-order valence-electron chi connectivity index (χ0n) is 14.7. The molecule has 1 atom stereocenters. The Balaban J connectivity index is 1.87. The molecule has 0 aromatic carbocycles. The van der Waals surface area contributed by atoms with E-state index in [1.54, 1.807) is 10.7 Å². The molecule has 1 amide bonds. The van der Waals surface area contributed by atoms with Crippen LogP contribution in [-0.4, -0.2) is 40.6 Å². The number of hydrogen-bond donors (Lipinski definition) is 1. The smallest absolute Gasteiger partial charge is 0.277 e. The van der Waals surface area contributed by atoms with E-state index in [1.165, 1.54) is 11.3 Å². The fraction of sp³-hybridized carbons (Fsp3) is 0.562. The Kier molecular flexibility index (Phi) is 4.72. The fourth-order valence-electron chi connectivity index (χ4n) is 2.90. The van der Waals surface area contributed by atoms with E-state index >= 15 is 0 Å². The summed E-state index contributed by atoms with van der Waals surface area (Å²) in [5.41, 5.74) is 2.06. The first-order chi connectivity index (χ1) is 11.7. The van der Waals surface area contributed by atoms with Crippen LogP contribution in [0.25, 0.3) is 0 Å². The third-order valence-corrected chi connectivity index (χ3v) is 7.13. The van der Waals surface area contributed by atoms with Crippen molar-refractivity contribution in [2.24, 2.45) is 0 Å². The van der Waals surface area contributed by atoms with Gasteiger partial charge in [0.25, 0.3) is 5.91 Å². The van der Waals surface area contributed by atoms with E-state index in [4.69, 9.17) is 0 Å². The number of carbonyl (C=O) groups excluding carboxylic acids is 1. The average Bonchev–Trinajstić information content (AvgIpc) is 3.17. The van der Waals surface area contributed by atoms with Crippen LogP contribution in [0.4, 0.5) is 5.13 Å². The molecule has 1 saturated heterocycles. The maximum Gasteiger partial charge on any atom is 0.277 e. The van der Waals surface area contributed by atoms with Gasteiger partial charge in [0.05, 0.1) is 23.2 Å². The summed E-state index contributed by atoms with van der Waals surface area (Å²) < 4.78 is 25.3. The Labute approximate surface area is 151 Å². The molecule has 25 heavy (non-hydrogen) atoms. The molecule has 0 bridgehead atoms. The summed E-state index contributed by atoms with van der Waals surface area (Å²) in [7, 11) is -3.02. The van der Waals surface area contributed by atoms with Crippen molar-refractivity contribution in [1.82, 2.24) is 14.8 Å². The lowest BCUT2D eigenvalue weighted by Crippen LogP contribution is -2.17. The number of hydrogen-bond acceptors (Lipinski definition) is 6. The van der Waals surface area contributed by atoms with Gasteiger partial charge in [-0.3, -0.25) is 14.8 Å². The van der Waals surface area contributed by atoms with Crippen LogP contribution >= 0.6 is 11.3 Å². The summed E-state index contributed by atoms with van der Waals surface area (Å²) in [5, 5.41) is 7.75. The molecule has 3 heterocycles. The molecule has 1 fully saturated rings. The first-order valence-electron chi connectivity index (χ1n) is 8.21. The first-order valence-corrected chi connectivity index (χ1v) is 10.9. The molecular formula is C16H22N4O3S2. The molecule has 0 aliphatic carbocycles. The minimum absolute atomic E-state index is 0.0837. The van der Waals surface area contributed by atoms with Crippen molar-refractivity contribution in [2.75, 3.05) is 16.8 Å². The summed E-state index contributed by atoms with van der Waals surface area (Å²) in [6.07, 6.45) is 0.537. The van der Waals surface area contributed by atoms with Gasteiger partial charge in [0, 0.05) is 10.6 Å². The maximum atomic E-state index is 12.5. The van der Waals surface area contributed by atoms with Gasteiger partial charge in [-0.05, 0) is 32.3 Å². The summed E-state index contributed by atoms with van der Waals surface area (Å²) in [6, 6.07) is 1.55. The summed E-state index contributed by atoms with van der Waals surface area (Å²) >= 11 is 1.42. The van der Waals surface area contributed by atoms with Gasteiger partial charge in [0.1, 0.15) is 0 Å². The predicted octanol–water partition coefficient (Wildman–Crippen LogP) is 2.69. The number of amides is 1. The highest BCUT2D eigenvalue weighted by molar-refractivity contribution is 7.91. The predicted molar refractivity (Wildman–Crippen MR) is 98.2 cm³/mol.